The predicted octanol–water partition coefficient (Wildman–Crippen LogP) is 3.66. The largest absolute Gasteiger partial charge is 0.459 e. The van der Waals surface area contributed by atoms with E-state index in [0.717, 1.165) is 23.8 Å². The molecule has 1 amide bonds. The van der Waals surface area contributed by atoms with Crippen LogP contribution in [0.3, 0.4) is 0 Å². The van der Waals surface area contributed by atoms with Gasteiger partial charge in [-0.25, -0.2) is 9.67 Å². The van der Waals surface area contributed by atoms with Crippen LogP contribution in [0.1, 0.15) is 23.0 Å². The molecular formula is C22H26ClIN6O2. The normalized spacial score (nSPS) is 14.2. The number of halogens is 2. The second-order valence-electron chi connectivity index (χ2n) is 7.20. The van der Waals surface area contributed by atoms with Crippen LogP contribution >= 0.6 is 35.6 Å². The van der Waals surface area contributed by atoms with E-state index in [1.807, 2.05) is 53.2 Å². The van der Waals surface area contributed by atoms with Gasteiger partial charge in [-0.1, -0.05) is 11.6 Å². The molecule has 2 aromatic heterocycles. The molecule has 0 bridgehead atoms. The molecule has 4 rings (SSSR count). The monoisotopic (exact) mass is 568 g/mol. The van der Waals surface area contributed by atoms with E-state index in [4.69, 9.17) is 21.0 Å². The van der Waals surface area contributed by atoms with Gasteiger partial charge in [0.15, 0.2) is 11.7 Å². The highest BCUT2D eigenvalue weighted by Crippen LogP contribution is 2.14. The van der Waals surface area contributed by atoms with Crippen LogP contribution in [0.25, 0.3) is 5.69 Å². The minimum absolute atomic E-state index is 0. The lowest BCUT2D eigenvalue weighted by Gasteiger charge is -2.36. The molecule has 1 fully saturated rings. The van der Waals surface area contributed by atoms with E-state index < -0.39 is 0 Å². The number of guanidine groups is 1. The highest BCUT2D eigenvalue weighted by molar-refractivity contribution is 14.0. The third-order valence-corrected chi connectivity index (χ3v) is 5.32. The quantitative estimate of drug-likeness (QED) is 0.289. The zero-order chi connectivity index (χ0) is 21.6. The van der Waals surface area contributed by atoms with Crippen LogP contribution in [0.4, 0.5) is 0 Å². The number of amides is 1. The van der Waals surface area contributed by atoms with Crippen molar-refractivity contribution >= 4 is 47.4 Å². The summed E-state index contributed by atoms with van der Waals surface area (Å²) in [6.07, 6.45) is 5.31. The maximum atomic E-state index is 12.5. The third kappa shape index (κ3) is 5.83. The number of benzene rings is 1. The van der Waals surface area contributed by atoms with Crippen molar-refractivity contribution in [3.63, 3.8) is 0 Å². The van der Waals surface area contributed by atoms with Gasteiger partial charge in [-0.05, 0) is 43.3 Å². The number of rotatable bonds is 5. The Hall–Kier alpha value is -2.53. The molecule has 0 spiro atoms. The van der Waals surface area contributed by atoms with Crippen molar-refractivity contribution in [3.05, 3.63) is 71.4 Å². The van der Waals surface area contributed by atoms with E-state index in [1.54, 1.807) is 12.1 Å². The number of nitrogens with one attached hydrogen (secondary N) is 1. The third-order valence-electron chi connectivity index (χ3n) is 5.07. The summed E-state index contributed by atoms with van der Waals surface area (Å²) in [4.78, 5) is 21.2. The zero-order valence-corrected chi connectivity index (χ0v) is 20.9. The number of aliphatic imine (C=N–C) groups is 1. The smallest absolute Gasteiger partial charge is 0.289 e. The first-order valence-electron chi connectivity index (χ1n) is 10.3. The van der Waals surface area contributed by atoms with E-state index in [0.29, 0.717) is 43.5 Å². The second-order valence-corrected chi connectivity index (χ2v) is 7.63. The first kappa shape index (κ1) is 24.1. The van der Waals surface area contributed by atoms with Crippen molar-refractivity contribution in [2.45, 2.75) is 13.5 Å². The summed E-state index contributed by atoms with van der Waals surface area (Å²) < 4.78 is 7.05. The van der Waals surface area contributed by atoms with E-state index >= 15 is 0 Å². The minimum Gasteiger partial charge on any atom is -0.459 e. The highest BCUT2D eigenvalue weighted by atomic mass is 127. The molecule has 0 aliphatic carbocycles. The van der Waals surface area contributed by atoms with Crippen molar-refractivity contribution in [1.82, 2.24) is 24.9 Å². The van der Waals surface area contributed by atoms with Crippen LogP contribution < -0.4 is 5.32 Å². The number of hydrogen-bond acceptors (Lipinski definition) is 4. The molecule has 1 aliphatic rings. The molecule has 1 saturated heterocycles. The standard InChI is InChI=1S/C22H25ClN6O2.HI/c1-2-24-22(28-11-9-27(10-12-28)21(30)20-4-3-13-31-20)25-14-17-15-26-29(16-17)19-7-5-18(23)6-8-19;/h3-8,13,15-16H,2,9-12,14H2,1H3,(H,24,25);1H. The van der Waals surface area contributed by atoms with Crippen LogP contribution in [0.5, 0.6) is 0 Å². The van der Waals surface area contributed by atoms with Crippen molar-refractivity contribution in [2.24, 2.45) is 4.99 Å². The lowest BCUT2D eigenvalue weighted by molar-refractivity contribution is 0.0657. The molecule has 1 aromatic carbocycles. The lowest BCUT2D eigenvalue weighted by atomic mass is 10.3. The Morgan fingerprint density at radius 1 is 1.16 bits per heavy atom. The second kappa shape index (κ2) is 11.4. The van der Waals surface area contributed by atoms with Gasteiger partial charge in [0.2, 0.25) is 0 Å². The minimum atomic E-state index is -0.0683. The van der Waals surface area contributed by atoms with E-state index in [-0.39, 0.29) is 29.9 Å². The SMILES string of the molecule is CCNC(=NCc1cnn(-c2ccc(Cl)cc2)c1)N1CCN(C(=O)c2ccco2)CC1.I. The topological polar surface area (TPSA) is 78.9 Å². The fraction of sp³-hybridized carbons (Fsp3) is 0.318. The highest BCUT2D eigenvalue weighted by Gasteiger charge is 2.25. The molecular weight excluding hydrogens is 543 g/mol. The molecule has 1 aliphatic heterocycles. The Bertz CT molecular complexity index is 1030. The summed E-state index contributed by atoms with van der Waals surface area (Å²) in [5, 5.41) is 8.47. The Morgan fingerprint density at radius 3 is 2.53 bits per heavy atom. The van der Waals surface area contributed by atoms with Crippen LogP contribution in [0.2, 0.25) is 5.02 Å². The molecule has 10 heteroatoms. The summed E-state index contributed by atoms with van der Waals surface area (Å²) in [7, 11) is 0. The first-order valence-corrected chi connectivity index (χ1v) is 10.7. The van der Waals surface area contributed by atoms with Crippen molar-refractivity contribution in [2.75, 3.05) is 32.7 Å². The summed E-state index contributed by atoms with van der Waals surface area (Å²) in [6, 6.07) is 11.0. The Labute approximate surface area is 209 Å². The van der Waals surface area contributed by atoms with Crippen LogP contribution in [-0.2, 0) is 6.54 Å². The number of hydrogen-bond donors (Lipinski definition) is 1. The van der Waals surface area contributed by atoms with Gasteiger partial charge in [0.05, 0.1) is 24.7 Å². The molecule has 170 valence electrons. The summed E-state index contributed by atoms with van der Waals surface area (Å²) in [5.41, 5.74) is 1.96. The fourth-order valence-electron chi connectivity index (χ4n) is 3.45. The van der Waals surface area contributed by atoms with Crippen LogP contribution in [-0.4, -0.2) is 64.2 Å². The van der Waals surface area contributed by atoms with E-state index in [2.05, 4.69) is 15.3 Å². The van der Waals surface area contributed by atoms with Crippen LogP contribution in [0, 0.1) is 0 Å². The van der Waals surface area contributed by atoms with Gasteiger partial charge in [-0.2, -0.15) is 5.10 Å². The van der Waals surface area contributed by atoms with Crippen LogP contribution in [0.15, 0.2) is 64.5 Å². The number of nitrogens with zero attached hydrogens (tertiary/aromatic N) is 5. The number of aromatic nitrogens is 2. The first-order chi connectivity index (χ1) is 15.1. The Kier molecular flexibility index (Phi) is 8.57. The number of carbonyl (C=O) groups is 1. The summed E-state index contributed by atoms with van der Waals surface area (Å²) in [5.74, 6) is 1.15. The van der Waals surface area contributed by atoms with Crippen molar-refractivity contribution in [1.29, 1.82) is 0 Å². The Morgan fingerprint density at radius 2 is 1.88 bits per heavy atom. The van der Waals surface area contributed by atoms with Gasteiger partial charge in [-0.3, -0.25) is 4.79 Å². The molecule has 3 aromatic rings. The number of furan rings is 1. The molecule has 0 saturated carbocycles. The van der Waals surface area contributed by atoms with Gasteiger partial charge in [-0.15, -0.1) is 24.0 Å². The number of carbonyl (C=O) groups excluding carboxylic acids is 1. The Balaban J connectivity index is 0.00000289. The van der Waals surface area contributed by atoms with Gasteiger partial charge >= 0.3 is 0 Å². The maximum absolute atomic E-state index is 12.5. The molecule has 8 nitrogen and oxygen atoms in total. The van der Waals surface area contributed by atoms with Gasteiger partial charge < -0.3 is 19.5 Å². The van der Waals surface area contributed by atoms with Crippen molar-refractivity contribution in [3.8, 4) is 5.69 Å². The van der Waals surface area contributed by atoms with E-state index in [1.165, 1.54) is 6.26 Å². The number of piperazine rings is 1. The van der Waals surface area contributed by atoms with Gasteiger partial charge in [0, 0.05) is 49.5 Å². The molecule has 3 heterocycles. The molecule has 32 heavy (non-hydrogen) atoms. The molecule has 0 radical (unpaired) electrons. The predicted molar refractivity (Wildman–Crippen MR) is 135 cm³/mol. The zero-order valence-electron chi connectivity index (χ0n) is 17.8. The van der Waals surface area contributed by atoms with Gasteiger partial charge in [0.1, 0.15) is 0 Å². The summed E-state index contributed by atoms with van der Waals surface area (Å²) in [6.45, 7) is 6.00. The molecule has 1 N–H and O–H groups in total. The average Bonchev–Trinajstić information content (AvgIpc) is 3.49. The maximum Gasteiger partial charge on any atom is 0.289 e. The lowest BCUT2D eigenvalue weighted by Crippen LogP contribution is -2.53. The summed E-state index contributed by atoms with van der Waals surface area (Å²) >= 11 is 5.96. The molecule has 0 unspecified atom stereocenters. The van der Waals surface area contributed by atoms with Crippen molar-refractivity contribution < 1.29 is 9.21 Å². The molecule has 0 atom stereocenters. The average molecular weight is 569 g/mol. The van der Waals surface area contributed by atoms with Gasteiger partial charge in [0.25, 0.3) is 5.91 Å². The van der Waals surface area contributed by atoms with E-state index in [9.17, 15) is 4.79 Å². The fourth-order valence-corrected chi connectivity index (χ4v) is 3.57.